The number of pyridine rings is 1. The van der Waals surface area contributed by atoms with Crippen molar-refractivity contribution in [1.29, 1.82) is 0 Å². The second kappa shape index (κ2) is 12.1. The van der Waals surface area contributed by atoms with Gasteiger partial charge < -0.3 is 15.0 Å². The topological polar surface area (TPSA) is 87.3 Å². The van der Waals surface area contributed by atoms with E-state index >= 15 is 0 Å². The molecule has 1 aliphatic rings. The van der Waals surface area contributed by atoms with Crippen molar-refractivity contribution in [2.75, 3.05) is 57.1 Å². The lowest BCUT2D eigenvalue weighted by molar-refractivity contribution is -0.834. The lowest BCUT2D eigenvalue weighted by Crippen LogP contribution is -3.10. The zero-order chi connectivity index (χ0) is 28.2. The van der Waals surface area contributed by atoms with E-state index < -0.39 is 10.0 Å². The van der Waals surface area contributed by atoms with Crippen molar-refractivity contribution < 1.29 is 27.4 Å². The smallest absolute Gasteiger partial charge is 0.243 e. The maximum absolute atomic E-state index is 13.2. The lowest BCUT2D eigenvalue weighted by Gasteiger charge is -2.33. The third-order valence-corrected chi connectivity index (χ3v) is 9.42. The molecule has 3 aromatic rings. The van der Waals surface area contributed by atoms with E-state index in [2.05, 4.69) is 34.7 Å². The van der Waals surface area contributed by atoms with Crippen molar-refractivity contribution in [3.63, 3.8) is 0 Å². The normalized spacial score (nSPS) is 14.5. The van der Waals surface area contributed by atoms with Gasteiger partial charge in [-0.25, -0.2) is 17.3 Å². The monoisotopic (exact) mass is 553 g/mol. The van der Waals surface area contributed by atoms with Gasteiger partial charge in [0.15, 0.2) is 12.4 Å². The Hall–Kier alpha value is -3.47. The Morgan fingerprint density at radius 3 is 2.21 bits per heavy atom. The molecule has 0 bridgehead atoms. The number of rotatable bonds is 9. The minimum atomic E-state index is -3.75. The third-order valence-electron chi connectivity index (χ3n) is 7.26. The maximum Gasteiger partial charge on any atom is 0.243 e. The average molecular weight is 554 g/mol. The number of piperazine rings is 1. The molecule has 10 heteroatoms. The zero-order valence-electron chi connectivity index (χ0n) is 23.4. The number of carbonyl (C=O) groups is 1. The van der Waals surface area contributed by atoms with Crippen LogP contribution in [-0.4, -0.2) is 65.5 Å². The molecule has 1 saturated heterocycles. The SMILES string of the molecule is COc1cc(C)c(S(=O)(=O)N(C)CCC(=O)Nc2ccc(N3CC[NH+](c4cc[n+](C)cc4)CC3)cc2)c(C)c1. The summed E-state index contributed by atoms with van der Waals surface area (Å²) in [6, 6.07) is 15.6. The molecule has 39 heavy (non-hydrogen) atoms. The summed E-state index contributed by atoms with van der Waals surface area (Å²) < 4.78 is 34.9. The third kappa shape index (κ3) is 6.76. The highest BCUT2D eigenvalue weighted by molar-refractivity contribution is 7.89. The molecule has 2 heterocycles. The second-order valence-electron chi connectivity index (χ2n) is 10.1. The van der Waals surface area contributed by atoms with E-state index in [0.717, 1.165) is 31.9 Å². The number of hydrogen-bond acceptors (Lipinski definition) is 5. The highest BCUT2D eigenvalue weighted by Gasteiger charge is 2.26. The summed E-state index contributed by atoms with van der Waals surface area (Å²) in [6.45, 7) is 7.53. The Kier molecular flexibility index (Phi) is 8.89. The highest BCUT2D eigenvalue weighted by atomic mass is 32.2. The predicted molar refractivity (Wildman–Crippen MR) is 152 cm³/mol. The Morgan fingerprint density at radius 1 is 1.05 bits per heavy atom. The van der Waals surface area contributed by atoms with Gasteiger partial charge in [0.25, 0.3) is 0 Å². The first-order chi connectivity index (χ1) is 18.6. The predicted octanol–water partition coefficient (Wildman–Crippen LogP) is 1.82. The van der Waals surface area contributed by atoms with Crippen LogP contribution in [0.1, 0.15) is 17.5 Å². The Balaban J connectivity index is 1.28. The molecule has 0 unspecified atom stereocenters. The molecule has 1 amide bonds. The van der Waals surface area contributed by atoms with E-state index in [1.165, 1.54) is 21.9 Å². The van der Waals surface area contributed by atoms with Crippen LogP contribution in [0.4, 0.5) is 17.1 Å². The molecule has 9 nitrogen and oxygen atoms in total. The Labute approximate surface area is 231 Å². The van der Waals surface area contributed by atoms with Gasteiger partial charge in [-0.05, 0) is 61.4 Å². The van der Waals surface area contributed by atoms with Crippen LogP contribution in [-0.2, 0) is 21.9 Å². The fourth-order valence-corrected chi connectivity index (χ4v) is 6.58. The number of carbonyl (C=O) groups excluding carboxylic acids is 1. The molecular formula is C29H39N5O4S+2. The maximum atomic E-state index is 13.2. The summed E-state index contributed by atoms with van der Waals surface area (Å²) in [5.41, 5.74) is 4.36. The van der Waals surface area contributed by atoms with Crippen LogP contribution in [0.5, 0.6) is 5.75 Å². The van der Waals surface area contributed by atoms with Gasteiger partial charge in [-0.3, -0.25) is 9.69 Å². The van der Waals surface area contributed by atoms with E-state index in [1.54, 1.807) is 33.1 Å². The number of aryl methyl sites for hydroxylation is 3. The number of aromatic nitrogens is 1. The standard InChI is InChI=1S/C29H37N5O4S/c1-22-20-27(38-5)21-23(2)29(22)39(36,37)32(4)15-12-28(35)30-24-6-8-25(9-7-24)33-16-18-34(19-17-33)26-10-13-31(3)14-11-26/h6-11,13-14,20-21H,12,15-19H2,1-5H3/p+2. The highest BCUT2D eigenvalue weighted by Crippen LogP contribution is 2.28. The number of amides is 1. The zero-order valence-corrected chi connectivity index (χ0v) is 24.2. The number of nitrogens with zero attached hydrogens (tertiary/aromatic N) is 3. The molecule has 1 aromatic heterocycles. The number of quaternary nitrogens is 1. The van der Waals surface area contributed by atoms with Crippen LogP contribution in [0.15, 0.2) is 65.8 Å². The van der Waals surface area contributed by atoms with Gasteiger partial charge in [0.2, 0.25) is 15.9 Å². The van der Waals surface area contributed by atoms with Crippen molar-refractivity contribution in [2.45, 2.75) is 25.2 Å². The van der Waals surface area contributed by atoms with Gasteiger partial charge in [-0.1, -0.05) is 0 Å². The van der Waals surface area contributed by atoms with Gasteiger partial charge in [0.1, 0.15) is 18.5 Å². The van der Waals surface area contributed by atoms with E-state index in [9.17, 15) is 13.2 Å². The van der Waals surface area contributed by atoms with Gasteiger partial charge >= 0.3 is 0 Å². The number of nitrogens with one attached hydrogen (secondary N) is 2. The summed E-state index contributed by atoms with van der Waals surface area (Å²) in [6.07, 6.45) is 4.22. The van der Waals surface area contributed by atoms with Crippen molar-refractivity contribution in [2.24, 2.45) is 7.05 Å². The van der Waals surface area contributed by atoms with Gasteiger partial charge in [-0.15, -0.1) is 0 Å². The van der Waals surface area contributed by atoms with Crippen LogP contribution in [0.25, 0.3) is 0 Å². The quantitative estimate of drug-likeness (QED) is 0.395. The summed E-state index contributed by atoms with van der Waals surface area (Å²) in [4.78, 5) is 16.7. The first kappa shape index (κ1) is 28.5. The number of ether oxygens (including phenoxy) is 1. The molecule has 0 radical (unpaired) electrons. The van der Waals surface area contributed by atoms with Gasteiger partial charge in [0.05, 0.1) is 50.3 Å². The van der Waals surface area contributed by atoms with Crippen LogP contribution in [0.2, 0.25) is 0 Å². The van der Waals surface area contributed by atoms with E-state index in [1.807, 2.05) is 35.9 Å². The minimum Gasteiger partial charge on any atom is -0.497 e. The molecule has 0 saturated carbocycles. The molecule has 0 atom stereocenters. The van der Waals surface area contributed by atoms with Gasteiger partial charge in [0, 0.05) is 31.4 Å². The van der Waals surface area contributed by atoms with Crippen molar-refractivity contribution >= 4 is 33.0 Å². The Bertz CT molecular complexity index is 1380. The second-order valence-corrected chi connectivity index (χ2v) is 12.1. The molecular weight excluding hydrogens is 514 g/mol. The molecule has 2 aromatic carbocycles. The molecule has 1 aliphatic heterocycles. The summed E-state index contributed by atoms with van der Waals surface area (Å²) in [7, 11) is 1.33. The molecule has 208 valence electrons. The number of hydrogen-bond donors (Lipinski definition) is 2. The molecule has 4 rings (SSSR count). The van der Waals surface area contributed by atoms with Gasteiger partial charge in [-0.2, -0.15) is 0 Å². The summed E-state index contributed by atoms with van der Waals surface area (Å²) >= 11 is 0. The summed E-state index contributed by atoms with van der Waals surface area (Å²) in [5, 5.41) is 2.89. The largest absolute Gasteiger partial charge is 0.497 e. The molecule has 0 spiro atoms. The van der Waals surface area contributed by atoms with Crippen molar-refractivity contribution in [1.82, 2.24) is 4.31 Å². The van der Waals surface area contributed by atoms with Crippen LogP contribution in [0.3, 0.4) is 0 Å². The lowest BCUT2D eigenvalue weighted by atomic mass is 10.1. The van der Waals surface area contributed by atoms with E-state index in [4.69, 9.17) is 4.74 Å². The fraction of sp³-hybridized carbons (Fsp3) is 0.379. The molecule has 2 N–H and O–H groups in total. The van der Waals surface area contributed by atoms with Crippen LogP contribution in [0, 0.1) is 13.8 Å². The number of benzene rings is 2. The summed E-state index contributed by atoms with van der Waals surface area (Å²) in [5.74, 6) is 0.378. The number of sulfonamides is 1. The van der Waals surface area contributed by atoms with Crippen molar-refractivity contribution in [3.05, 3.63) is 72.1 Å². The number of anilines is 2. The van der Waals surface area contributed by atoms with E-state index in [0.29, 0.717) is 22.6 Å². The molecule has 1 fully saturated rings. The Morgan fingerprint density at radius 2 is 1.64 bits per heavy atom. The average Bonchev–Trinajstić information content (AvgIpc) is 2.92. The van der Waals surface area contributed by atoms with Crippen LogP contribution < -0.4 is 24.4 Å². The number of methoxy groups -OCH3 is 1. The minimum absolute atomic E-state index is 0.0496. The first-order valence-corrected chi connectivity index (χ1v) is 14.6. The molecule has 0 aliphatic carbocycles. The first-order valence-electron chi connectivity index (χ1n) is 13.2. The van der Waals surface area contributed by atoms with Crippen molar-refractivity contribution in [3.8, 4) is 5.75 Å². The fourth-order valence-electron chi connectivity index (χ4n) is 5.01. The van der Waals surface area contributed by atoms with E-state index in [-0.39, 0.29) is 23.8 Å². The van der Waals surface area contributed by atoms with Crippen LogP contribution >= 0.6 is 0 Å².